The van der Waals surface area contributed by atoms with Crippen molar-refractivity contribution in [2.24, 2.45) is 0 Å². The van der Waals surface area contributed by atoms with Gasteiger partial charge in [0.2, 0.25) is 11.8 Å². The van der Waals surface area contributed by atoms with Crippen molar-refractivity contribution in [3.8, 4) is 11.5 Å². The zero-order chi connectivity index (χ0) is 13.9. The second-order valence-corrected chi connectivity index (χ2v) is 3.88. The molecule has 2 heterocycles. The Morgan fingerprint density at radius 1 is 1.15 bits per heavy atom. The molecule has 1 N–H and O–H groups in total. The van der Waals surface area contributed by atoms with E-state index in [1.807, 2.05) is 0 Å². The molecule has 2 aromatic heterocycles. The standard InChI is InChI=1S/C13H8N4O3/c18-12(19)4-3-11-16-17-13(20-11)8-1-2-9-10(7-8)15-6-5-14-9/h1-7H,(H,18,19)/b4-3+. The van der Waals surface area contributed by atoms with Crippen molar-refractivity contribution < 1.29 is 14.3 Å². The second-order valence-electron chi connectivity index (χ2n) is 3.88. The Balaban J connectivity index is 1.96. The largest absolute Gasteiger partial charge is 0.478 e. The van der Waals surface area contributed by atoms with Crippen LogP contribution >= 0.6 is 0 Å². The van der Waals surface area contributed by atoms with Gasteiger partial charge in [-0.25, -0.2) is 4.79 Å². The number of aromatic nitrogens is 4. The molecule has 0 aliphatic heterocycles. The molecular weight excluding hydrogens is 260 g/mol. The molecule has 7 heteroatoms. The first-order valence-electron chi connectivity index (χ1n) is 5.68. The Morgan fingerprint density at radius 2 is 1.95 bits per heavy atom. The van der Waals surface area contributed by atoms with Gasteiger partial charge in [-0.2, -0.15) is 0 Å². The number of hydrogen-bond donors (Lipinski definition) is 1. The number of fused-ring (bicyclic) bond motifs is 1. The summed E-state index contributed by atoms with van der Waals surface area (Å²) in [6, 6.07) is 5.37. The number of carbonyl (C=O) groups is 1. The number of rotatable bonds is 3. The number of hydrogen-bond acceptors (Lipinski definition) is 6. The van der Waals surface area contributed by atoms with Crippen LogP contribution < -0.4 is 0 Å². The maximum atomic E-state index is 10.4. The van der Waals surface area contributed by atoms with Crippen LogP contribution in [0.25, 0.3) is 28.6 Å². The van der Waals surface area contributed by atoms with Gasteiger partial charge in [0, 0.05) is 30.1 Å². The molecule has 0 aliphatic rings. The lowest BCUT2D eigenvalue weighted by atomic mass is 10.2. The molecule has 0 aliphatic carbocycles. The lowest BCUT2D eigenvalue weighted by Crippen LogP contribution is -1.85. The number of carboxylic acids is 1. The third kappa shape index (κ3) is 2.37. The SMILES string of the molecule is O=C(O)/C=C/c1nnc(-c2ccc3nccnc3c2)o1. The highest BCUT2D eigenvalue weighted by Gasteiger charge is 2.08. The summed E-state index contributed by atoms with van der Waals surface area (Å²) in [5, 5.41) is 16.1. The molecule has 3 aromatic rings. The molecule has 0 amide bonds. The average Bonchev–Trinajstić information content (AvgIpc) is 2.93. The first kappa shape index (κ1) is 12.0. The van der Waals surface area contributed by atoms with Gasteiger partial charge in [-0.05, 0) is 18.2 Å². The van der Waals surface area contributed by atoms with Gasteiger partial charge in [0.05, 0.1) is 11.0 Å². The topological polar surface area (TPSA) is 102 Å². The normalized spacial score (nSPS) is 11.2. The molecule has 7 nitrogen and oxygen atoms in total. The van der Waals surface area contributed by atoms with Crippen molar-refractivity contribution in [2.75, 3.05) is 0 Å². The summed E-state index contributed by atoms with van der Waals surface area (Å²) in [5.41, 5.74) is 2.17. The van der Waals surface area contributed by atoms with Crippen LogP contribution in [-0.4, -0.2) is 31.2 Å². The van der Waals surface area contributed by atoms with Crippen molar-refractivity contribution >= 4 is 23.1 Å². The number of aliphatic carboxylic acids is 1. The third-order valence-electron chi connectivity index (χ3n) is 2.53. The molecule has 0 atom stereocenters. The van der Waals surface area contributed by atoms with Crippen molar-refractivity contribution in [1.29, 1.82) is 0 Å². The summed E-state index contributed by atoms with van der Waals surface area (Å²) >= 11 is 0. The van der Waals surface area contributed by atoms with E-state index in [-0.39, 0.29) is 5.89 Å². The van der Waals surface area contributed by atoms with Crippen LogP contribution in [0.5, 0.6) is 0 Å². The summed E-state index contributed by atoms with van der Waals surface area (Å²) in [7, 11) is 0. The van der Waals surface area contributed by atoms with E-state index < -0.39 is 5.97 Å². The maximum absolute atomic E-state index is 10.4. The van der Waals surface area contributed by atoms with Crippen LogP contribution in [0.15, 0.2) is 41.1 Å². The summed E-state index contributed by atoms with van der Waals surface area (Å²) in [6.07, 6.45) is 5.38. The van der Waals surface area contributed by atoms with E-state index in [4.69, 9.17) is 9.52 Å². The molecule has 0 fully saturated rings. The maximum Gasteiger partial charge on any atom is 0.328 e. The molecule has 0 unspecified atom stereocenters. The van der Waals surface area contributed by atoms with E-state index in [1.165, 1.54) is 6.08 Å². The summed E-state index contributed by atoms with van der Waals surface area (Å²) in [4.78, 5) is 18.8. The minimum atomic E-state index is -1.08. The molecule has 1 aromatic carbocycles. The number of carboxylic acid groups (broad SMARTS) is 1. The minimum absolute atomic E-state index is 0.127. The quantitative estimate of drug-likeness (QED) is 0.722. The Hall–Kier alpha value is -3.09. The van der Waals surface area contributed by atoms with Gasteiger partial charge in [0.25, 0.3) is 0 Å². The molecule has 0 saturated heterocycles. The first-order chi connectivity index (χ1) is 9.72. The summed E-state index contributed by atoms with van der Waals surface area (Å²) < 4.78 is 5.35. The highest BCUT2D eigenvalue weighted by Crippen LogP contribution is 2.21. The lowest BCUT2D eigenvalue weighted by Gasteiger charge is -1.97. The van der Waals surface area contributed by atoms with E-state index in [0.29, 0.717) is 17.0 Å². The third-order valence-corrected chi connectivity index (χ3v) is 2.53. The van der Waals surface area contributed by atoms with Gasteiger partial charge < -0.3 is 9.52 Å². The molecular formula is C13H8N4O3. The van der Waals surface area contributed by atoms with E-state index in [2.05, 4.69) is 20.2 Å². The predicted molar refractivity (Wildman–Crippen MR) is 69.5 cm³/mol. The molecule has 20 heavy (non-hydrogen) atoms. The van der Waals surface area contributed by atoms with E-state index in [1.54, 1.807) is 30.6 Å². The Kier molecular flexibility index (Phi) is 2.92. The van der Waals surface area contributed by atoms with Crippen LogP contribution in [-0.2, 0) is 4.79 Å². The van der Waals surface area contributed by atoms with Crippen LogP contribution in [0.4, 0.5) is 0 Å². The Labute approximate surface area is 112 Å². The van der Waals surface area contributed by atoms with Gasteiger partial charge in [0.15, 0.2) is 0 Å². The zero-order valence-corrected chi connectivity index (χ0v) is 10.1. The van der Waals surface area contributed by atoms with Crippen molar-refractivity contribution in [2.45, 2.75) is 0 Å². The molecule has 0 bridgehead atoms. The number of nitrogens with zero attached hydrogens (tertiary/aromatic N) is 4. The van der Waals surface area contributed by atoms with Gasteiger partial charge >= 0.3 is 5.97 Å². The Morgan fingerprint density at radius 3 is 2.75 bits per heavy atom. The summed E-state index contributed by atoms with van der Waals surface area (Å²) in [6.45, 7) is 0. The average molecular weight is 268 g/mol. The van der Waals surface area contributed by atoms with Crippen LogP contribution in [0, 0.1) is 0 Å². The monoisotopic (exact) mass is 268 g/mol. The van der Waals surface area contributed by atoms with Crippen molar-refractivity contribution in [1.82, 2.24) is 20.2 Å². The van der Waals surface area contributed by atoms with Crippen molar-refractivity contribution in [3.63, 3.8) is 0 Å². The fourth-order valence-electron chi connectivity index (χ4n) is 1.66. The fraction of sp³-hybridized carbons (Fsp3) is 0. The molecule has 0 radical (unpaired) electrons. The van der Waals surface area contributed by atoms with E-state index in [0.717, 1.165) is 11.6 Å². The van der Waals surface area contributed by atoms with Crippen LogP contribution in [0.2, 0.25) is 0 Å². The molecule has 3 rings (SSSR count). The van der Waals surface area contributed by atoms with Gasteiger partial charge in [-0.1, -0.05) is 0 Å². The van der Waals surface area contributed by atoms with Crippen LogP contribution in [0.3, 0.4) is 0 Å². The lowest BCUT2D eigenvalue weighted by molar-refractivity contribution is -0.131. The smallest absolute Gasteiger partial charge is 0.328 e. The van der Waals surface area contributed by atoms with Crippen molar-refractivity contribution in [3.05, 3.63) is 42.6 Å². The molecule has 98 valence electrons. The van der Waals surface area contributed by atoms with Gasteiger partial charge in [0.1, 0.15) is 0 Å². The van der Waals surface area contributed by atoms with Gasteiger partial charge in [-0.3, -0.25) is 9.97 Å². The first-order valence-corrected chi connectivity index (χ1v) is 5.68. The minimum Gasteiger partial charge on any atom is -0.478 e. The number of benzene rings is 1. The molecule has 0 saturated carbocycles. The highest BCUT2D eigenvalue weighted by molar-refractivity contribution is 5.84. The van der Waals surface area contributed by atoms with E-state index >= 15 is 0 Å². The van der Waals surface area contributed by atoms with Crippen LogP contribution in [0.1, 0.15) is 5.89 Å². The predicted octanol–water partition coefficient (Wildman–Crippen LogP) is 1.78. The van der Waals surface area contributed by atoms with E-state index in [9.17, 15) is 4.79 Å². The molecule has 0 spiro atoms. The van der Waals surface area contributed by atoms with Gasteiger partial charge in [-0.15, -0.1) is 10.2 Å². The fourth-order valence-corrected chi connectivity index (χ4v) is 1.66. The Bertz CT molecular complexity index is 810. The summed E-state index contributed by atoms with van der Waals surface area (Å²) in [5.74, 6) is -0.657. The highest BCUT2D eigenvalue weighted by atomic mass is 16.4. The second kappa shape index (κ2) is 4.88. The zero-order valence-electron chi connectivity index (χ0n) is 10.1.